The number of sulfonamides is 1. The zero-order valence-corrected chi connectivity index (χ0v) is 34.8. The number of nitroso groups, excluding NO2 is 1. The van der Waals surface area contributed by atoms with Crippen LogP contribution in [0.1, 0.15) is 65.6 Å². The molecule has 8 rings (SSSR count). The zero-order chi connectivity index (χ0) is 40.2. The number of anilines is 2. The molecule has 14 heteroatoms. The van der Waals surface area contributed by atoms with E-state index >= 15 is 0 Å². The summed E-state index contributed by atoms with van der Waals surface area (Å²) in [7, 11) is -2.30. The van der Waals surface area contributed by atoms with Gasteiger partial charge < -0.3 is 25.3 Å². The minimum atomic E-state index is -4.37. The number of benzene rings is 4. The van der Waals surface area contributed by atoms with Crippen LogP contribution in [0.25, 0.3) is 11.6 Å². The Hall–Kier alpha value is -5.05. The van der Waals surface area contributed by atoms with E-state index in [-0.39, 0.29) is 33.4 Å². The van der Waals surface area contributed by atoms with E-state index in [1.54, 1.807) is 12.1 Å². The number of likely N-dealkylation sites (tertiary alicyclic amines) is 1. The van der Waals surface area contributed by atoms with Crippen LogP contribution in [0, 0.1) is 4.91 Å². The lowest BCUT2D eigenvalue weighted by atomic mass is 9.87. The first-order chi connectivity index (χ1) is 28.1. The van der Waals surface area contributed by atoms with Gasteiger partial charge in [-0.2, -0.15) is 0 Å². The third-order valence-corrected chi connectivity index (χ3v) is 13.4. The third kappa shape index (κ3) is 9.71. The van der Waals surface area contributed by atoms with Crippen LogP contribution in [0.15, 0.2) is 95.4 Å². The van der Waals surface area contributed by atoms with Gasteiger partial charge in [-0.1, -0.05) is 53.6 Å². The van der Waals surface area contributed by atoms with Crippen LogP contribution in [0.4, 0.5) is 17.1 Å². The number of piperazine rings is 1. The van der Waals surface area contributed by atoms with Crippen molar-refractivity contribution in [2.24, 2.45) is 0 Å². The van der Waals surface area contributed by atoms with E-state index in [2.05, 4.69) is 50.0 Å². The Balaban J connectivity index is 0.00000528. The van der Waals surface area contributed by atoms with E-state index in [4.69, 9.17) is 16.3 Å². The Labute approximate surface area is 351 Å². The van der Waals surface area contributed by atoms with Crippen LogP contribution in [0.2, 0.25) is 5.02 Å². The molecule has 4 aromatic rings. The summed E-state index contributed by atoms with van der Waals surface area (Å²) in [5.41, 5.74) is 7.83. The van der Waals surface area contributed by atoms with Crippen LogP contribution in [-0.2, 0) is 16.4 Å². The molecule has 4 N–H and O–H groups in total. The topological polar surface area (TPSA) is 155 Å². The number of amides is 1. The number of carbonyl (C=O) groups is 1. The molecule has 0 unspecified atom stereocenters. The van der Waals surface area contributed by atoms with Crippen molar-refractivity contribution in [1.82, 2.24) is 14.5 Å². The lowest BCUT2D eigenvalue weighted by Gasteiger charge is -2.37. The smallest absolute Gasteiger partial charge is 0.277 e. The van der Waals surface area contributed by atoms with Crippen LogP contribution < -0.4 is 24.9 Å². The van der Waals surface area contributed by atoms with Crippen molar-refractivity contribution in [3.8, 4) is 11.5 Å². The number of hydrogen-bond donors (Lipinski definition) is 3. The second kappa shape index (κ2) is 18.5. The molecule has 59 heavy (non-hydrogen) atoms. The number of rotatable bonds is 12. The Bertz CT molecular complexity index is 2350. The van der Waals surface area contributed by atoms with Gasteiger partial charge in [0, 0.05) is 77.3 Å². The number of piperidine rings is 1. The van der Waals surface area contributed by atoms with Crippen molar-refractivity contribution < 1.29 is 28.6 Å². The van der Waals surface area contributed by atoms with Crippen molar-refractivity contribution in [3.63, 3.8) is 0 Å². The predicted octanol–water partition coefficient (Wildman–Crippen LogP) is 6.78. The fourth-order valence-corrected chi connectivity index (χ4v) is 9.65. The van der Waals surface area contributed by atoms with Crippen molar-refractivity contribution in [2.75, 3.05) is 63.1 Å². The Morgan fingerprint density at radius 3 is 2.42 bits per heavy atom. The fraction of sp³-hybridized carbons (Fsp3) is 0.356. The summed E-state index contributed by atoms with van der Waals surface area (Å²) < 4.78 is 36.1. The SMILES string of the molecule is CN1CCC(Nc2ccc(S(=O)(=O)NC(=O)c3ccc(N4CCN(CC5=C(c6ccc(Cl)cc6)CCCC5)CC4)cc3Oc3cccc4c3C=CC4)cc2[NH+]=O)CC1.[OH-]. The van der Waals surface area contributed by atoms with Gasteiger partial charge in [-0.15, -0.1) is 0 Å². The number of carbonyl (C=O) groups excluding carboxylic acids is 1. The second-order valence-electron chi connectivity index (χ2n) is 15.7. The highest BCUT2D eigenvalue weighted by Gasteiger charge is 2.28. The molecule has 2 fully saturated rings. The standard InChI is InChI=1S/C45H49ClN6O5S.H2O/c1-50-22-20-35(21-23-50)47-41-19-17-37(29-42(41)48-54)58(55,56)49-45(53)40-18-16-36(28-44(40)57-43-11-5-8-31-7-4-10-39(31)43)52-26-24-51(25-27-52)30-33-6-2-3-9-38(33)32-12-14-34(46)15-13-32;/h4-5,8,10-19,28-29,35,47H,2-3,6-7,9,20-27,30H2,1H3,(H,49,53);1H2. The zero-order valence-electron chi connectivity index (χ0n) is 33.3. The van der Waals surface area contributed by atoms with Gasteiger partial charge in [0.05, 0.1) is 10.5 Å². The molecule has 0 aromatic heterocycles. The minimum absolute atomic E-state index is 0. The van der Waals surface area contributed by atoms with Crippen molar-refractivity contribution >= 4 is 56.2 Å². The lowest BCUT2D eigenvalue weighted by molar-refractivity contribution is -0.378. The first-order valence-electron chi connectivity index (χ1n) is 20.2. The molecule has 0 saturated carbocycles. The third-order valence-electron chi connectivity index (χ3n) is 11.9. The number of hydrogen-bond acceptors (Lipinski definition) is 10. The van der Waals surface area contributed by atoms with Gasteiger partial charge in [-0.25, -0.2) is 13.1 Å². The number of ether oxygens (including phenoxy) is 1. The highest BCUT2D eigenvalue weighted by atomic mass is 35.5. The van der Waals surface area contributed by atoms with E-state index in [0.29, 0.717) is 11.4 Å². The van der Waals surface area contributed by atoms with Gasteiger partial charge in [0.2, 0.25) is 0 Å². The molecule has 2 aliphatic heterocycles. The molecular formula is C45H51ClN6O6S. The summed E-state index contributed by atoms with van der Waals surface area (Å²) in [6.07, 6.45) is 11.3. The average molecular weight is 839 g/mol. The maximum Gasteiger partial charge on any atom is 0.277 e. The number of fused-ring (bicyclic) bond motifs is 1. The lowest BCUT2D eigenvalue weighted by Crippen LogP contribution is -2.56. The monoisotopic (exact) mass is 838 g/mol. The van der Waals surface area contributed by atoms with E-state index in [1.807, 2.05) is 53.7 Å². The van der Waals surface area contributed by atoms with E-state index in [1.165, 1.54) is 41.7 Å². The summed E-state index contributed by atoms with van der Waals surface area (Å²) in [4.78, 5) is 32.8. The van der Waals surface area contributed by atoms with Gasteiger partial charge in [-0.3, -0.25) is 9.69 Å². The van der Waals surface area contributed by atoms with Crippen molar-refractivity contribution in [3.05, 3.63) is 123 Å². The molecule has 4 aliphatic rings. The summed E-state index contributed by atoms with van der Waals surface area (Å²) in [5, 5.41) is 6.00. The van der Waals surface area contributed by atoms with E-state index < -0.39 is 15.9 Å². The highest BCUT2D eigenvalue weighted by molar-refractivity contribution is 7.90. The van der Waals surface area contributed by atoms with Crippen LogP contribution in [-0.4, -0.2) is 88.5 Å². The summed E-state index contributed by atoms with van der Waals surface area (Å²) in [6, 6.07) is 23.7. The van der Waals surface area contributed by atoms with Crippen molar-refractivity contribution in [1.29, 1.82) is 0 Å². The largest absolute Gasteiger partial charge is 0.870 e. The van der Waals surface area contributed by atoms with Gasteiger partial charge in [0.25, 0.3) is 21.6 Å². The predicted molar refractivity (Wildman–Crippen MR) is 232 cm³/mol. The number of halogens is 1. The normalized spacial score (nSPS) is 17.6. The van der Waals surface area contributed by atoms with Crippen LogP contribution in [0.5, 0.6) is 11.5 Å². The van der Waals surface area contributed by atoms with Gasteiger partial charge >= 0.3 is 0 Å². The molecule has 12 nitrogen and oxygen atoms in total. The van der Waals surface area contributed by atoms with Gasteiger partial charge in [0.1, 0.15) is 17.2 Å². The molecule has 0 bridgehead atoms. The number of nitrogens with one attached hydrogen (secondary N) is 3. The Morgan fingerprint density at radius 1 is 0.898 bits per heavy atom. The van der Waals surface area contributed by atoms with Gasteiger partial charge in [0.15, 0.2) is 0 Å². The Kier molecular flexibility index (Phi) is 13.2. The van der Waals surface area contributed by atoms with Crippen LogP contribution >= 0.6 is 11.6 Å². The first-order valence-corrected chi connectivity index (χ1v) is 22.1. The summed E-state index contributed by atoms with van der Waals surface area (Å²) >= 11 is 6.20. The first kappa shape index (κ1) is 42.1. The molecule has 2 heterocycles. The molecule has 0 radical (unpaired) electrons. The van der Waals surface area contributed by atoms with E-state index in [0.717, 1.165) is 99.8 Å². The Morgan fingerprint density at radius 2 is 1.66 bits per heavy atom. The summed E-state index contributed by atoms with van der Waals surface area (Å²) in [6.45, 7) is 6.10. The molecule has 2 aliphatic carbocycles. The summed E-state index contributed by atoms with van der Waals surface area (Å²) in [5.74, 6) is -0.000909. The number of nitrogens with zero attached hydrogens (tertiary/aromatic N) is 3. The van der Waals surface area contributed by atoms with E-state index in [9.17, 15) is 18.1 Å². The molecule has 1 amide bonds. The molecule has 310 valence electrons. The van der Waals surface area contributed by atoms with Crippen LogP contribution in [0.3, 0.4) is 0 Å². The average Bonchev–Trinajstić information content (AvgIpc) is 3.73. The minimum Gasteiger partial charge on any atom is -0.870 e. The second-order valence-corrected chi connectivity index (χ2v) is 17.9. The fourth-order valence-electron chi connectivity index (χ4n) is 8.53. The van der Waals surface area contributed by atoms with Gasteiger partial charge in [-0.05, 0) is 124 Å². The quantitative estimate of drug-likeness (QED) is 0.139. The molecule has 4 aromatic carbocycles. The number of allylic oxidation sites excluding steroid dienone is 2. The maximum atomic E-state index is 13.9. The van der Waals surface area contributed by atoms with Crippen molar-refractivity contribution in [2.45, 2.75) is 55.9 Å². The molecule has 2 saturated heterocycles. The highest BCUT2D eigenvalue weighted by Crippen LogP contribution is 2.37. The molecular weight excluding hydrogens is 788 g/mol. The molecule has 0 atom stereocenters. The molecule has 0 spiro atoms. The maximum absolute atomic E-state index is 13.9.